The van der Waals surface area contributed by atoms with Crippen molar-refractivity contribution in [1.82, 2.24) is 0 Å². The molecule has 0 aromatic heterocycles. The second-order valence-electron chi connectivity index (χ2n) is 16.1. The third-order valence-corrected chi connectivity index (χ3v) is 12.8. The maximum Gasteiger partial charge on any atom is 0.314 e. The van der Waals surface area contributed by atoms with Crippen LogP contribution in [0.15, 0.2) is 48.5 Å². The van der Waals surface area contributed by atoms with Gasteiger partial charge in [-0.2, -0.15) is 0 Å². The molecule has 2 aromatic carbocycles. The fourth-order valence-electron chi connectivity index (χ4n) is 9.77. The highest BCUT2D eigenvalue weighted by Crippen LogP contribution is 2.44. The molecule has 0 unspecified atom stereocenters. The summed E-state index contributed by atoms with van der Waals surface area (Å²) in [6, 6.07) is 11.4. The fraction of sp³-hybridized carbons (Fsp3) is 0.682. The number of ether oxygens (including phenoxy) is 2. The molecule has 4 aliphatic rings. The molecular weight excluding hydrogens is 630 g/mol. The van der Waals surface area contributed by atoms with Gasteiger partial charge < -0.3 is 9.47 Å². The summed E-state index contributed by atoms with van der Waals surface area (Å²) < 4.78 is 36.7. The summed E-state index contributed by atoms with van der Waals surface area (Å²) >= 11 is 0. The van der Waals surface area contributed by atoms with E-state index in [2.05, 4.69) is 13.8 Å². The standard InChI is InChI=1S/2C22H31FO2/c2*1-2-3-16-4-6-17(7-5-16)18-8-10-19(11-9-18)22(24)25-21-14-12-20(23)13-15-21/h2*12-19H,2-11H2,1H3. The van der Waals surface area contributed by atoms with E-state index >= 15 is 0 Å². The largest absolute Gasteiger partial charge is 0.426 e. The molecule has 276 valence electrons. The van der Waals surface area contributed by atoms with Crippen LogP contribution in [0.5, 0.6) is 11.5 Å². The minimum Gasteiger partial charge on any atom is -0.426 e. The molecule has 0 amide bonds. The summed E-state index contributed by atoms with van der Waals surface area (Å²) in [4.78, 5) is 24.7. The Bertz CT molecular complexity index is 1180. The van der Waals surface area contributed by atoms with Gasteiger partial charge >= 0.3 is 11.9 Å². The average Bonchev–Trinajstić information content (AvgIpc) is 3.15. The Morgan fingerprint density at radius 1 is 0.480 bits per heavy atom. The predicted octanol–water partition coefficient (Wildman–Crippen LogP) is 12.3. The average molecular weight is 693 g/mol. The third-order valence-electron chi connectivity index (χ3n) is 12.8. The molecule has 2 aromatic rings. The van der Waals surface area contributed by atoms with Gasteiger partial charge in [-0.1, -0.05) is 65.2 Å². The van der Waals surface area contributed by atoms with E-state index in [1.165, 1.54) is 126 Å². The Morgan fingerprint density at radius 2 is 0.760 bits per heavy atom. The SMILES string of the molecule is CCCC1CCC(C2CCC(C(=O)Oc3ccc(F)cc3)CC2)CC1.CCCC1CCC(C2CCC(C(=O)Oc3ccc(F)cc3)CC2)CC1. The topological polar surface area (TPSA) is 52.6 Å². The van der Waals surface area contributed by atoms with Crippen molar-refractivity contribution in [1.29, 1.82) is 0 Å². The maximum atomic E-state index is 12.9. The Hall–Kier alpha value is -2.76. The van der Waals surface area contributed by atoms with Gasteiger partial charge in [0.2, 0.25) is 0 Å². The van der Waals surface area contributed by atoms with Gasteiger partial charge in [0.1, 0.15) is 23.1 Å². The first-order valence-electron chi connectivity index (χ1n) is 20.3. The van der Waals surface area contributed by atoms with E-state index in [0.717, 1.165) is 86.9 Å². The molecule has 4 fully saturated rings. The lowest BCUT2D eigenvalue weighted by molar-refractivity contribution is -0.141. The molecule has 0 bridgehead atoms. The summed E-state index contributed by atoms with van der Waals surface area (Å²) in [7, 11) is 0. The number of benzene rings is 2. The van der Waals surface area contributed by atoms with Crippen LogP contribution < -0.4 is 9.47 Å². The van der Waals surface area contributed by atoms with E-state index in [4.69, 9.17) is 9.47 Å². The normalized spacial score (nSPS) is 30.0. The van der Waals surface area contributed by atoms with Crippen molar-refractivity contribution < 1.29 is 27.8 Å². The minimum atomic E-state index is -0.311. The molecule has 0 radical (unpaired) electrons. The quantitative estimate of drug-likeness (QED) is 0.184. The Labute approximate surface area is 300 Å². The van der Waals surface area contributed by atoms with Gasteiger partial charge in [-0.15, -0.1) is 0 Å². The van der Waals surface area contributed by atoms with Crippen LogP contribution >= 0.6 is 0 Å². The molecule has 0 saturated heterocycles. The Morgan fingerprint density at radius 3 is 1.04 bits per heavy atom. The van der Waals surface area contributed by atoms with Gasteiger partial charge in [-0.05, 0) is 161 Å². The molecule has 4 saturated carbocycles. The van der Waals surface area contributed by atoms with Crippen LogP contribution in [0.25, 0.3) is 0 Å². The lowest BCUT2D eigenvalue weighted by Crippen LogP contribution is -2.30. The van der Waals surface area contributed by atoms with Crippen molar-refractivity contribution in [3.8, 4) is 11.5 Å². The number of hydrogen-bond donors (Lipinski definition) is 0. The molecule has 50 heavy (non-hydrogen) atoms. The first kappa shape index (κ1) is 38.5. The molecule has 4 aliphatic carbocycles. The highest BCUT2D eigenvalue weighted by molar-refractivity contribution is 5.75. The van der Waals surface area contributed by atoms with Crippen molar-refractivity contribution in [2.45, 2.75) is 142 Å². The molecule has 0 atom stereocenters. The van der Waals surface area contributed by atoms with Gasteiger partial charge in [0, 0.05) is 0 Å². The van der Waals surface area contributed by atoms with Crippen molar-refractivity contribution in [3.63, 3.8) is 0 Å². The molecule has 6 rings (SSSR count). The van der Waals surface area contributed by atoms with Crippen LogP contribution in [0.3, 0.4) is 0 Å². The smallest absolute Gasteiger partial charge is 0.314 e. The zero-order valence-corrected chi connectivity index (χ0v) is 30.8. The van der Waals surface area contributed by atoms with Crippen LogP contribution in [0.2, 0.25) is 0 Å². The lowest BCUT2D eigenvalue weighted by Gasteiger charge is -2.37. The van der Waals surface area contributed by atoms with Gasteiger partial charge in [0.25, 0.3) is 0 Å². The molecule has 0 heterocycles. The van der Waals surface area contributed by atoms with E-state index in [0.29, 0.717) is 11.5 Å². The number of carbonyl (C=O) groups is 2. The second-order valence-corrected chi connectivity index (χ2v) is 16.1. The third kappa shape index (κ3) is 11.6. The molecule has 4 nitrogen and oxygen atoms in total. The van der Waals surface area contributed by atoms with E-state index < -0.39 is 0 Å². The molecular formula is C44H62F2O4. The summed E-state index contributed by atoms with van der Waals surface area (Å²) in [5, 5.41) is 0. The van der Waals surface area contributed by atoms with E-state index in [1.54, 1.807) is 0 Å². The van der Waals surface area contributed by atoms with Gasteiger partial charge in [0.05, 0.1) is 11.8 Å². The zero-order valence-electron chi connectivity index (χ0n) is 30.8. The Kier molecular flexibility index (Phi) is 15.2. The van der Waals surface area contributed by atoms with Crippen molar-refractivity contribution in [3.05, 3.63) is 60.2 Å². The van der Waals surface area contributed by atoms with Crippen molar-refractivity contribution >= 4 is 11.9 Å². The van der Waals surface area contributed by atoms with Gasteiger partial charge in [-0.25, -0.2) is 8.78 Å². The summed E-state index contributed by atoms with van der Waals surface area (Å²) in [5.74, 6) is 5.29. The van der Waals surface area contributed by atoms with E-state index in [1.807, 2.05) is 0 Å². The van der Waals surface area contributed by atoms with Crippen molar-refractivity contribution in [2.75, 3.05) is 0 Å². The van der Waals surface area contributed by atoms with Crippen LogP contribution in [-0.4, -0.2) is 11.9 Å². The van der Waals surface area contributed by atoms with Crippen LogP contribution in [0.4, 0.5) is 8.78 Å². The van der Waals surface area contributed by atoms with Crippen molar-refractivity contribution in [2.24, 2.45) is 47.3 Å². The highest BCUT2D eigenvalue weighted by atomic mass is 19.1. The number of carbonyl (C=O) groups excluding carboxylic acids is 2. The van der Waals surface area contributed by atoms with E-state index in [-0.39, 0.29) is 35.4 Å². The number of esters is 2. The maximum absolute atomic E-state index is 12.9. The van der Waals surface area contributed by atoms with Crippen LogP contribution in [0, 0.1) is 59.0 Å². The lowest BCUT2D eigenvalue weighted by atomic mass is 9.69. The van der Waals surface area contributed by atoms with Crippen LogP contribution in [0.1, 0.15) is 142 Å². The zero-order chi connectivity index (χ0) is 35.3. The predicted molar refractivity (Wildman–Crippen MR) is 196 cm³/mol. The highest BCUT2D eigenvalue weighted by Gasteiger charge is 2.35. The van der Waals surface area contributed by atoms with Gasteiger partial charge in [-0.3, -0.25) is 9.59 Å². The summed E-state index contributed by atoms with van der Waals surface area (Å²) in [6.07, 6.45) is 25.0. The summed E-state index contributed by atoms with van der Waals surface area (Å²) in [6.45, 7) is 4.58. The summed E-state index contributed by atoms with van der Waals surface area (Å²) in [5.41, 5.74) is 0. The first-order chi connectivity index (χ1) is 24.3. The second kappa shape index (κ2) is 19.7. The monoisotopic (exact) mass is 692 g/mol. The number of halogens is 2. The van der Waals surface area contributed by atoms with Gasteiger partial charge in [0.15, 0.2) is 0 Å². The van der Waals surface area contributed by atoms with Crippen LogP contribution in [-0.2, 0) is 9.59 Å². The first-order valence-corrected chi connectivity index (χ1v) is 20.3. The molecule has 6 heteroatoms. The Balaban J connectivity index is 0.000000194. The minimum absolute atomic E-state index is 0.0118. The number of hydrogen-bond acceptors (Lipinski definition) is 4. The number of rotatable bonds is 10. The van der Waals surface area contributed by atoms with E-state index in [9.17, 15) is 18.4 Å². The molecule has 0 aliphatic heterocycles. The molecule has 0 spiro atoms. The molecule has 0 N–H and O–H groups in total. The fourth-order valence-corrected chi connectivity index (χ4v) is 9.77.